The highest BCUT2D eigenvalue weighted by Crippen LogP contribution is 2.14. The molecule has 0 bridgehead atoms. The predicted octanol–water partition coefficient (Wildman–Crippen LogP) is 3.15. The molecule has 0 fully saturated rings. The highest BCUT2D eigenvalue weighted by atomic mass is 32.1. The molecule has 0 radical (unpaired) electrons. The summed E-state index contributed by atoms with van der Waals surface area (Å²) in [5, 5.41) is 5.99. The highest BCUT2D eigenvalue weighted by Gasteiger charge is 2.05. The van der Waals surface area contributed by atoms with Crippen molar-refractivity contribution in [2.24, 2.45) is 0 Å². The number of nitrogens with one attached hydrogen (secondary N) is 1. The van der Waals surface area contributed by atoms with Gasteiger partial charge in [-0.1, -0.05) is 37.3 Å². The van der Waals surface area contributed by atoms with Crippen molar-refractivity contribution in [1.29, 1.82) is 0 Å². The van der Waals surface area contributed by atoms with E-state index in [1.165, 1.54) is 5.56 Å². The van der Waals surface area contributed by atoms with Gasteiger partial charge in [-0.2, -0.15) is 0 Å². The van der Waals surface area contributed by atoms with Gasteiger partial charge >= 0.3 is 0 Å². The van der Waals surface area contributed by atoms with Crippen LogP contribution in [0.25, 0.3) is 0 Å². The largest absolute Gasteiger partial charge is 0.350 e. The van der Waals surface area contributed by atoms with Crippen molar-refractivity contribution < 1.29 is 4.79 Å². The summed E-state index contributed by atoms with van der Waals surface area (Å²) in [6.07, 6.45) is 2.32. The van der Waals surface area contributed by atoms with Gasteiger partial charge in [0.15, 0.2) is 0 Å². The maximum atomic E-state index is 11.4. The number of rotatable bonds is 6. The van der Waals surface area contributed by atoms with Gasteiger partial charge in [-0.05, 0) is 12.0 Å². The summed E-state index contributed by atoms with van der Waals surface area (Å²) in [4.78, 5) is 15.9. The lowest BCUT2D eigenvalue weighted by Gasteiger charge is -2.01. The normalized spacial score (nSPS) is 10.4. The van der Waals surface area contributed by atoms with Gasteiger partial charge in [0, 0.05) is 18.2 Å². The van der Waals surface area contributed by atoms with Crippen LogP contribution in [0.2, 0.25) is 0 Å². The Morgan fingerprint density at radius 3 is 2.84 bits per heavy atom. The first kappa shape index (κ1) is 13.7. The molecule has 1 heterocycles. The third-order valence-electron chi connectivity index (χ3n) is 2.74. The Morgan fingerprint density at radius 1 is 1.32 bits per heavy atom. The molecule has 1 aromatic heterocycles. The summed E-state index contributed by atoms with van der Waals surface area (Å²) >= 11 is 1.65. The first-order chi connectivity index (χ1) is 9.28. The molecule has 1 N–H and O–H groups in total. The minimum atomic E-state index is 0.0973. The topological polar surface area (TPSA) is 42.0 Å². The zero-order valence-corrected chi connectivity index (χ0v) is 11.9. The first-order valence-electron chi connectivity index (χ1n) is 6.52. The quantitative estimate of drug-likeness (QED) is 0.879. The zero-order valence-electron chi connectivity index (χ0n) is 11.1. The van der Waals surface area contributed by atoms with Crippen LogP contribution in [-0.2, 0) is 17.8 Å². The van der Waals surface area contributed by atoms with Crippen LogP contribution in [0.15, 0.2) is 35.7 Å². The van der Waals surface area contributed by atoms with E-state index in [0.29, 0.717) is 13.0 Å². The number of carbonyl (C=O) groups is 1. The monoisotopic (exact) mass is 274 g/mol. The van der Waals surface area contributed by atoms with Gasteiger partial charge in [0.05, 0.1) is 17.2 Å². The van der Waals surface area contributed by atoms with Crippen LogP contribution in [-0.4, -0.2) is 10.9 Å². The fourth-order valence-electron chi connectivity index (χ4n) is 1.79. The highest BCUT2D eigenvalue weighted by molar-refractivity contribution is 7.09. The molecule has 0 aliphatic carbocycles. The number of benzene rings is 1. The molecule has 0 spiro atoms. The van der Waals surface area contributed by atoms with E-state index < -0.39 is 0 Å². The van der Waals surface area contributed by atoms with Crippen molar-refractivity contribution >= 4 is 17.2 Å². The molecule has 4 heteroatoms. The molecule has 0 atom stereocenters. The van der Waals surface area contributed by atoms with Gasteiger partial charge in [-0.15, -0.1) is 11.3 Å². The lowest BCUT2D eigenvalue weighted by atomic mass is 10.2. The first-order valence-corrected chi connectivity index (χ1v) is 7.40. The van der Waals surface area contributed by atoms with Gasteiger partial charge in [0.1, 0.15) is 0 Å². The molecule has 0 unspecified atom stereocenters. The van der Waals surface area contributed by atoms with Crippen LogP contribution in [0.5, 0.6) is 0 Å². The summed E-state index contributed by atoms with van der Waals surface area (Å²) in [5.74, 6) is 0.0973. The number of nitrogens with zero attached hydrogens (tertiary/aromatic N) is 1. The maximum absolute atomic E-state index is 11.4. The number of hydrogen-bond acceptors (Lipinski definition) is 3. The Hall–Kier alpha value is -1.68. The van der Waals surface area contributed by atoms with E-state index in [4.69, 9.17) is 0 Å². The zero-order chi connectivity index (χ0) is 13.5. The average molecular weight is 274 g/mol. The summed E-state index contributed by atoms with van der Waals surface area (Å²) in [7, 11) is 0. The van der Waals surface area contributed by atoms with E-state index in [1.54, 1.807) is 11.3 Å². The number of hydrogen-bond donors (Lipinski definition) is 1. The molecule has 1 aromatic carbocycles. The Bertz CT molecular complexity index is 522. The number of amides is 1. The van der Waals surface area contributed by atoms with E-state index >= 15 is 0 Å². The van der Waals surface area contributed by atoms with Crippen molar-refractivity contribution in [3.8, 4) is 0 Å². The minimum Gasteiger partial charge on any atom is -0.350 e. The van der Waals surface area contributed by atoms with Crippen LogP contribution < -0.4 is 5.32 Å². The molecule has 0 saturated carbocycles. The number of carbonyl (C=O) groups excluding carboxylic acids is 1. The van der Waals surface area contributed by atoms with Crippen molar-refractivity contribution in [2.45, 2.75) is 32.7 Å². The van der Waals surface area contributed by atoms with Crippen LogP contribution in [0.4, 0.5) is 0 Å². The predicted molar refractivity (Wildman–Crippen MR) is 78.1 cm³/mol. The Labute approximate surface area is 117 Å². The summed E-state index contributed by atoms with van der Waals surface area (Å²) in [5.41, 5.74) is 2.21. The lowest BCUT2D eigenvalue weighted by molar-refractivity contribution is -0.121. The summed E-state index contributed by atoms with van der Waals surface area (Å²) in [6, 6.07) is 10.3. The Kier molecular flexibility index (Phi) is 5.10. The average Bonchev–Trinajstić information content (AvgIpc) is 2.86. The minimum absolute atomic E-state index is 0.0973. The Morgan fingerprint density at radius 2 is 2.11 bits per heavy atom. The molecular formula is C15H18N2OS. The molecular weight excluding hydrogens is 256 g/mol. The summed E-state index contributed by atoms with van der Waals surface area (Å²) < 4.78 is 0. The fraction of sp³-hybridized carbons (Fsp3) is 0.333. The third kappa shape index (κ3) is 4.48. The molecule has 0 saturated heterocycles. The van der Waals surface area contributed by atoms with Gasteiger partial charge in [-0.3, -0.25) is 4.79 Å². The number of thiazole rings is 1. The smallest absolute Gasteiger partial charge is 0.220 e. The molecule has 19 heavy (non-hydrogen) atoms. The van der Waals surface area contributed by atoms with Crippen LogP contribution in [0, 0.1) is 0 Å². The van der Waals surface area contributed by atoms with Gasteiger partial charge in [-0.25, -0.2) is 4.98 Å². The van der Waals surface area contributed by atoms with Crippen molar-refractivity contribution in [3.05, 3.63) is 52.0 Å². The van der Waals surface area contributed by atoms with E-state index in [-0.39, 0.29) is 5.91 Å². The van der Waals surface area contributed by atoms with Crippen molar-refractivity contribution in [3.63, 3.8) is 0 Å². The maximum Gasteiger partial charge on any atom is 0.220 e. The number of aromatic nitrogens is 1. The Balaban J connectivity index is 1.87. The van der Waals surface area contributed by atoms with Crippen LogP contribution in [0.1, 0.15) is 36.0 Å². The third-order valence-corrected chi connectivity index (χ3v) is 3.64. The van der Waals surface area contributed by atoms with E-state index in [1.807, 2.05) is 30.5 Å². The molecule has 2 aromatic rings. The van der Waals surface area contributed by atoms with Crippen molar-refractivity contribution in [1.82, 2.24) is 10.3 Å². The van der Waals surface area contributed by atoms with Crippen LogP contribution >= 0.6 is 11.3 Å². The summed E-state index contributed by atoms with van der Waals surface area (Å²) in [6.45, 7) is 2.53. The molecule has 1 amide bonds. The van der Waals surface area contributed by atoms with Gasteiger partial charge in [0.25, 0.3) is 0 Å². The van der Waals surface area contributed by atoms with E-state index in [0.717, 1.165) is 23.5 Å². The van der Waals surface area contributed by atoms with Gasteiger partial charge < -0.3 is 5.32 Å². The van der Waals surface area contributed by atoms with E-state index in [9.17, 15) is 4.79 Å². The molecule has 0 aliphatic heterocycles. The molecule has 2 rings (SSSR count). The second-order valence-corrected chi connectivity index (χ2v) is 5.36. The second-order valence-electron chi connectivity index (χ2n) is 4.42. The molecule has 100 valence electrons. The molecule has 3 nitrogen and oxygen atoms in total. The van der Waals surface area contributed by atoms with E-state index in [2.05, 4.69) is 22.4 Å². The fourth-order valence-corrected chi connectivity index (χ4v) is 2.61. The van der Waals surface area contributed by atoms with Gasteiger partial charge in [0.2, 0.25) is 5.91 Å². The van der Waals surface area contributed by atoms with Crippen molar-refractivity contribution in [2.75, 3.05) is 0 Å². The molecule has 0 aliphatic rings. The van der Waals surface area contributed by atoms with Crippen LogP contribution in [0.3, 0.4) is 0 Å². The standard InChI is InChI=1S/C15H18N2OS/c1-2-6-14(18)16-10-13-11-19-15(17-13)9-12-7-4-3-5-8-12/h3-5,7-8,11H,2,6,9-10H2,1H3,(H,16,18). The lowest BCUT2D eigenvalue weighted by Crippen LogP contribution is -2.22. The second kappa shape index (κ2) is 7.04. The SMILES string of the molecule is CCCC(=O)NCc1csc(Cc2ccccc2)n1.